The van der Waals surface area contributed by atoms with Crippen molar-refractivity contribution < 1.29 is 4.79 Å². The van der Waals surface area contributed by atoms with Gasteiger partial charge in [0.2, 0.25) is 0 Å². The fourth-order valence-corrected chi connectivity index (χ4v) is 3.16. The topological polar surface area (TPSA) is 74.8 Å². The molecule has 98 valence electrons. The number of thioether (sulfide) groups is 1. The van der Waals surface area contributed by atoms with Gasteiger partial charge in [-0.25, -0.2) is 0 Å². The molecule has 0 bridgehead atoms. The van der Waals surface area contributed by atoms with Gasteiger partial charge in [-0.3, -0.25) is 4.79 Å². The van der Waals surface area contributed by atoms with Gasteiger partial charge in [-0.2, -0.15) is 17.0 Å². The highest BCUT2D eigenvalue weighted by molar-refractivity contribution is 7.99. The highest BCUT2D eigenvalue weighted by atomic mass is 32.2. The maximum atomic E-state index is 12.5. The smallest absolute Gasteiger partial charge is 0.254 e. The molecule has 1 amide bonds. The van der Waals surface area contributed by atoms with Crippen LogP contribution in [0.25, 0.3) is 0 Å². The van der Waals surface area contributed by atoms with E-state index in [1.807, 2.05) is 35.2 Å². The van der Waals surface area contributed by atoms with E-state index in [1.165, 1.54) is 0 Å². The van der Waals surface area contributed by atoms with E-state index in [0.717, 1.165) is 11.5 Å². The molecule has 19 heavy (non-hydrogen) atoms. The van der Waals surface area contributed by atoms with Gasteiger partial charge in [0.05, 0.1) is 0 Å². The second-order valence-electron chi connectivity index (χ2n) is 4.23. The Kier molecular flexibility index (Phi) is 3.45. The van der Waals surface area contributed by atoms with Gasteiger partial charge in [-0.15, -0.1) is 10.2 Å². The lowest BCUT2D eigenvalue weighted by Crippen LogP contribution is -2.41. The molecule has 1 aliphatic rings. The summed E-state index contributed by atoms with van der Waals surface area (Å²) in [6.45, 7) is 0.706. The Morgan fingerprint density at radius 1 is 1.37 bits per heavy atom. The monoisotopic (exact) mass is 275 g/mol. The summed E-state index contributed by atoms with van der Waals surface area (Å²) in [5, 5.41) is 14.1. The first-order valence-electron chi connectivity index (χ1n) is 6.03. The van der Waals surface area contributed by atoms with Crippen LogP contribution in [-0.4, -0.2) is 49.5 Å². The molecule has 7 heteroatoms. The number of hydrogen-bond donors (Lipinski definition) is 1. The van der Waals surface area contributed by atoms with Crippen LogP contribution in [0, 0.1) is 0 Å². The maximum absolute atomic E-state index is 12.5. The van der Waals surface area contributed by atoms with Crippen molar-refractivity contribution in [1.82, 2.24) is 25.5 Å². The molecule has 1 saturated heterocycles. The second-order valence-corrected chi connectivity index (χ2v) is 5.38. The van der Waals surface area contributed by atoms with Crippen molar-refractivity contribution in [3.05, 3.63) is 41.7 Å². The van der Waals surface area contributed by atoms with E-state index in [2.05, 4.69) is 20.6 Å². The molecule has 1 aliphatic heterocycles. The van der Waals surface area contributed by atoms with Crippen LogP contribution in [0.5, 0.6) is 0 Å². The largest absolute Gasteiger partial charge is 0.327 e. The Morgan fingerprint density at radius 3 is 2.95 bits per heavy atom. The SMILES string of the molecule is O=C(c1ccccc1)N1CCSCC1c1nn[nH]n1. The van der Waals surface area contributed by atoms with Crippen molar-refractivity contribution in [1.29, 1.82) is 0 Å². The average Bonchev–Trinajstić information content (AvgIpc) is 3.01. The number of aromatic nitrogens is 4. The van der Waals surface area contributed by atoms with Gasteiger partial charge in [0.25, 0.3) is 5.91 Å². The normalized spacial score (nSPS) is 19.4. The predicted octanol–water partition coefficient (Wildman–Crippen LogP) is 1.13. The number of carbonyl (C=O) groups is 1. The van der Waals surface area contributed by atoms with E-state index in [1.54, 1.807) is 11.8 Å². The van der Waals surface area contributed by atoms with E-state index in [-0.39, 0.29) is 11.9 Å². The highest BCUT2D eigenvalue weighted by Gasteiger charge is 2.31. The molecule has 0 aliphatic carbocycles. The molecular formula is C12H13N5OS. The second kappa shape index (κ2) is 5.40. The number of nitrogens with one attached hydrogen (secondary N) is 1. The quantitative estimate of drug-likeness (QED) is 0.889. The molecule has 1 atom stereocenters. The molecule has 1 unspecified atom stereocenters. The fraction of sp³-hybridized carbons (Fsp3) is 0.333. The summed E-state index contributed by atoms with van der Waals surface area (Å²) in [4.78, 5) is 14.4. The van der Waals surface area contributed by atoms with Crippen LogP contribution >= 0.6 is 11.8 Å². The Balaban J connectivity index is 1.87. The number of H-pyrrole nitrogens is 1. The van der Waals surface area contributed by atoms with Gasteiger partial charge in [-0.05, 0) is 12.1 Å². The summed E-state index contributed by atoms with van der Waals surface area (Å²) < 4.78 is 0. The van der Waals surface area contributed by atoms with Crippen LogP contribution in [0.4, 0.5) is 0 Å². The van der Waals surface area contributed by atoms with Gasteiger partial charge in [0, 0.05) is 23.6 Å². The number of nitrogens with zero attached hydrogens (tertiary/aromatic N) is 4. The number of carbonyl (C=O) groups excluding carboxylic acids is 1. The summed E-state index contributed by atoms with van der Waals surface area (Å²) in [7, 11) is 0. The molecule has 0 radical (unpaired) electrons. The van der Waals surface area contributed by atoms with E-state index >= 15 is 0 Å². The number of benzene rings is 1. The van der Waals surface area contributed by atoms with Crippen molar-refractivity contribution in [2.75, 3.05) is 18.1 Å². The summed E-state index contributed by atoms with van der Waals surface area (Å²) >= 11 is 1.80. The van der Waals surface area contributed by atoms with Gasteiger partial charge in [-0.1, -0.05) is 23.4 Å². The Morgan fingerprint density at radius 2 is 2.21 bits per heavy atom. The van der Waals surface area contributed by atoms with E-state index in [9.17, 15) is 4.79 Å². The van der Waals surface area contributed by atoms with Crippen LogP contribution < -0.4 is 0 Å². The minimum absolute atomic E-state index is 0.0238. The first-order chi connectivity index (χ1) is 9.36. The van der Waals surface area contributed by atoms with Crippen LogP contribution in [0.2, 0.25) is 0 Å². The molecule has 2 aromatic rings. The molecule has 1 N–H and O–H groups in total. The van der Waals surface area contributed by atoms with Crippen LogP contribution in [0.1, 0.15) is 22.2 Å². The molecule has 6 nitrogen and oxygen atoms in total. The molecular weight excluding hydrogens is 262 g/mol. The van der Waals surface area contributed by atoms with Gasteiger partial charge in [0.15, 0.2) is 5.82 Å². The Bertz CT molecular complexity index is 545. The molecule has 3 rings (SSSR count). The lowest BCUT2D eigenvalue weighted by molar-refractivity contribution is 0.0694. The standard InChI is InChI=1S/C12H13N5OS/c18-12(9-4-2-1-3-5-9)17-6-7-19-8-10(17)11-13-15-16-14-11/h1-5,10H,6-8H2,(H,13,14,15,16). The lowest BCUT2D eigenvalue weighted by atomic mass is 10.1. The zero-order valence-electron chi connectivity index (χ0n) is 10.2. The number of tetrazole rings is 1. The molecule has 1 aromatic carbocycles. The van der Waals surface area contributed by atoms with Crippen molar-refractivity contribution >= 4 is 17.7 Å². The van der Waals surface area contributed by atoms with Crippen molar-refractivity contribution in [2.24, 2.45) is 0 Å². The summed E-state index contributed by atoms with van der Waals surface area (Å²) in [6, 6.07) is 9.20. The highest BCUT2D eigenvalue weighted by Crippen LogP contribution is 2.28. The van der Waals surface area contributed by atoms with E-state index in [4.69, 9.17) is 0 Å². The zero-order chi connectivity index (χ0) is 13.1. The third kappa shape index (κ3) is 2.46. The third-order valence-corrected chi connectivity index (χ3v) is 4.09. The van der Waals surface area contributed by atoms with Crippen molar-refractivity contribution in [3.8, 4) is 0 Å². The number of amides is 1. The number of aromatic amines is 1. The first-order valence-corrected chi connectivity index (χ1v) is 7.19. The molecule has 0 saturated carbocycles. The molecule has 1 aromatic heterocycles. The molecule has 1 fully saturated rings. The van der Waals surface area contributed by atoms with Gasteiger partial charge < -0.3 is 4.90 Å². The number of rotatable bonds is 2. The lowest BCUT2D eigenvalue weighted by Gasteiger charge is -2.33. The summed E-state index contributed by atoms with van der Waals surface area (Å²) in [5.74, 6) is 2.34. The molecule has 2 heterocycles. The zero-order valence-corrected chi connectivity index (χ0v) is 11.0. The van der Waals surface area contributed by atoms with Crippen LogP contribution in [0.3, 0.4) is 0 Å². The maximum Gasteiger partial charge on any atom is 0.254 e. The van der Waals surface area contributed by atoms with E-state index in [0.29, 0.717) is 17.9 Å². The first kappa shape index (κ1) is 12.2. The summed E-state index contributed by atoms with van der Waals surface area (Å²) in [6.07, 6.45) is 0. The predicted molar refractivity (Wildman–Crippen MR) is 71.7 cm³/mol. The van der Waals surface area contributed by atoms with Crippen LogP contribution in [0.15, 0.2) is 30.3 Å². The minimum atomic E-state index is -0.106. The molecule has 0 spiro atoms. The van der Waals surface area contributed by atoms with Crippen LogP contribution in [-0.2, 0) is 0 Å². The fourth-order valence-electron chi connectivity index (χ4n) is 2.12. The Labute approximate surface area is 114 Å². The van der Waals surface area contributed by atoms with Gasteiger partial charge >= 0.3 is 0 Å². The van der Waals surface area contributed by atoms with Crippen molar-refractivity contribution in [2.45, 2.75) is 6.04 Å². The van der Waals surface area contributed by atoms with Gasteiger partial charge in [0.1, 0.15) is 6.04 Å². The van der Waals surface area contributed by atoms with Crippen molar-refractivity contribution in [3.63, 3.8) is 0 Å². The average molecular weight is 275 g/mol. The number of hydrogen-bond acceptors (Lipinski definition) is 5. The Hall–Kier alpha value is -1.89. The van der Waals surface area contributed by atoms with E-state index < -0.39 is 0 Å². The third-order valence-electron chi connectivity index (χ3n) is 3.07. The minimum Gasteiger partial charge on any atom is -0.327 e. The summed E-state index contributed by atoms with van der Waals surface area (Å²) in [5.41, 5.74) is 0.697.